The Kier molecular flexibility index (Phi) is 5.08. The lowest BCUT2D eigenvalue weighted by molar-refractivity contribution is -0.116. The van der Waals surface area contributed by atoms with E-state index in [9.17, 15) is 14.0 Å². The first kappa shape index (κ1) is 17.5. The fourth-order valence-electron chi connectivity index (χ4n) is 2.81. The maximum atomic E-state index is 13.9. The molecule has 0 aromatic heterocycles. The number of rotatable bonds is 4. The van der Waals surface area contributed by atoms with E-state index in [0.717, 1.165) is 5.56 Å². The van der Waals surface area contributed by atoms with Crippen LogP contribution in [0.25, 0.3) is 0 Å². The van der Waals surface area contributed by atoms with Gasteiger partial charge in [0.05, 0.1) is 11.4 Å². The van der Waals surface area contributed by atoms with E-state index in [0.29, 0.717) is 29.1 Å². The van der Waals surface area contributed by atoms with Gasteiger partial charge in [-0.05, 0) is 36.8 Å². The van der Waals surface area contributed by atoms with Gasteiger partial charge in [-0.2, -0.15) is 0 Å². The van der Waals surface area contributed by atoms with Crippen molar-refractivity contribution in [1.29, 1.82) is 0 Å². The monoisotopic (exact) mass is 358 g/mol. The van der Waals surface area contributed by atoms with E-state index in [4.69, 9.17) is 0 Å². The van der Waals surface area contributed by atoms with Gasteiger partial charge in [0.25, 0.3) is 0 Å². The minimum atomic E-state index is -0.329. The zero-order valence-electron chi connectivity index (χ0n) is 14.1. The summed E-state index contributed by atoms with van der Waals surface area (Å²) in [4.78, 5) is 25.7. The lowest BCUT2D eigenvalue weighted by Crippen LogP contribution is -2.28. The average Bonchev–Trinajstić information content (AvgIpc) is 2.99. The molecule has 0 bridgehead atoms. The summed E-state index contributed by atoms with van der Waals surface area (Å²) in [5.74, 6) is -0.103. The Bertz CT molecular complexity index is 825. The molecule has 1 unspecified atom stereocenters. The van der Waals surface area contributed by atoms with Crippen molar-refractivity contribution in [1.82, 2.24) is 0 Å². The number of thioether (sulfide) groups is 1. The van der Waals surface area contributed by atoms with Gasteiger partial charge in [0.2, 0.25) is 11.8 Å². The van der Waals surface area contributed by atoms with Gasteiger partial charge < -0.3 is 5.32 Å². The Morgan fingerprint density at radius 1 is 1.32 bits per heavy atom. The maximum absolute atomic E-state index is 13.9. The van der Waals surface area contributed by atoms with Gasteiger partial charge >= 0.3 is 0 Å². The average molecular weight is 358 g/mol. The fraction of sp³-hybridized carbons (Fsp3) is 0.263. The second-order valence-electron chi connectivity index (χ2n) is 5.84. The molecule has 3 rings (SSSR count). The molecule has 1 aliphatic rings. The van der Waals surface area contributed by atoms with Crippen LogP contribution < -0.4 is 10.2 Å². The van der Waals surface area contributed by atoms with Crippen molar-refractivity contribution in [2.45, 2.75) is 25.6 Å². The molecule has 25 heavy (non-hydrogen) atoms. The largest absolute Gasteiger partial charge is 0.326 e. The van der Waals surface area contributed by atoms with Crippen LogP contribution >= 0.6 is 11.8 Å². The minimum absolute atomic E-state index is 0.0494. The van der Waals surface area contributed by atoms with Gasteiger partial charge in [-0.25, -0.2) is 4.39 Å². The summed E-state index contributed by atoms with van der Waals surface area (Å²) in [6.07, 6.45) is 0.398. The second kappa shape index (κ2) is 7.27. The van der Waals surface area contributed by atoms with Crippen molar-refractivity contribution in [2.24, 2.45) is 0 Å². The van der Waals surface area contributed by atoms with E-state index in [1.807, 2.05) is 24.3 Å². The van der Waals surface area contributed by atoms with Crippen LogP contribution in [0.5, 0.6) is 0 Å². The van der Waals surface area contributed by atoms with E-state index in [1.165, 1.54) is 17.8 Å². The molecule has 0 saturated carbocycles. The molecule has 0 spiro atoms. The molecular formula is C19H19FN2O2S. The number of nitrogens with zero attached hydrogens (tertiary/aromatic N) is 1. The first-order valence-corrected chi connectivity index (χ1v) is 9.14. The standard InChI is InChI=1S/C19H19FN2O2S/c1-3-17(23)21-14-7-4-6-13(10-14)19-22(18(24)11-25-19)16-9-5-8-15(20)12(16)2/h4-10,19H,3,11H2,1-2H3,(H,21,23). The number of carbonyl (C=O) groups is 2. The van der Waals surface area contributed by atoms with Gasteiger partial charge in [0.15, 0.2) is 0 Å². The molecule has 2 aromatic carbocycles. The van der Waals surface area contributed by atoms with Crippen molar-refractivity contribution in [3.05, 3.63) is 59.4 Å². The summed E-state index contributed by atoms with van der Waals surface area (Å²) in [7, 11) is 0. The second-order valence-corrected chi connectivity index (χ2v) is 6.91. The van der Waals surface area contributed by atoms with Crippen LogP contribution in [-0.4, -0.2) is 17.6 Å². The van der Waals surface area contributed by atoms with Crippen molar-refractivity contribution in [2.75, 3.05) is 16.0 Å². The van der Waals surface area contributed by atoms with Gasteiger partial charge in [-0.3, -0.25) is 14.5 Å². The van der Waals surface area contributed by atoms with Crippen LogP contribution in [0.4, 0.5) is 15.8 Å². The number of anilines is 2. The van der Waals surface area contributed by atoms with Crippen molar-refractivity contribution in [3.8, 4) is 0 Å². The first-order chi connectivity index (χ1) is 12.0. The molecule has 2 amide bonds. The molecule has 1 N–H and O–H groups in total. The number of carbonyl (C=O) groups excluding carboxylic acids is 2. The summed E-state index contributed by atoms with van der Waals surface area (Å²) in [5.41, 5.74) is 2.63. The topological polar surface area (TPSA) is 49.4 Å². The molecule has 1 atom stereocenters. The predicted molar refractivity (Wildman–Crippen MR) is 99.2 cm³/mol. The molecule has 1 heterocycles. The fourth-order valence-corrected chi connectivity index (χ4v) is 3.97. The van der Waals surface area contributed by atoms with Crippen LogP contribution in [0.3, 0.4) is 0 Å². The van der Waals surface area contributed by atoms with Crippen LogP contribution in [0.15, 0.2) is 42.5 Å². The van der Waals surface area contributed by atoms with E-state index < -0.39 is 0 Å². The molecule has 0 radical (unpaired) electrons. The van der Waals surface area contributed by atoms with Crippen molar-refractivity contribution in [3.63, 3.8) is 0 Å². The summed E-state index contributed by atoms with van der Waals surface area (Å²) >= 11 is 1.50. The third-order valence-electron chi connectivity index (χ3n) is 4.14. The van der Waals surface area contributed by atoms with Gasteiger partial charge in [-0.15, -0.1) is 11.8 Å². The van der Waals surface area contributed by atoms with Crippen LogP contribution in [0, 0.1) is 12.7 Å². The molecule has 2 aromatic rings. The summed E-state index contributed by atoms with van der Waals surface area (Å²) in [6.45, 7) is 3.47. The van der Waals surface area contributed by atoms with Gasteiger partial charge in [0, 0.05) is 17.7 Å². The Labute approximate surface area is 150 Å². The molecule has 4 nitrogen and oxygen atoms in total. The molecular weight excluding hydrogens is 339 g/mol. The molecule has 6 heteroatoms. The zero-order valence-corrected chi connectivity index (χ0v) is 14.9. The highest BCUT2D eigenvalue weighted by atomic mass is 32.2. The van der Waals surface area contributed by atoms with Crippen LogP contribution in [0.1, 0.15) is 29.8 Å². The third-order valence-corrected chi connectivity index (χ3v) is 5.36. The number of hydrogen-bond acceptors (Lipinski definition) is 3. The van der Waals surface area contributed by atoms with Crippen molar-refractivity contribution < 1.29 is 14.0 Å². The molecule has 1 aliphatic heterocycles. The number of benzene rings is 2. The molecule has 1 fully saturated rings. The van der Waals surface area contributed by atoms with Gasteiger partial charge in [0.1, 0.15) is 11.2 Å². The summed E-state index contributed by atoms with van der Waals surface area (Å²) < 4.78 is 13.9. The zero-order chi connectivity index (χ0) is 18.0. The lowest BCUT2D eigenvalue weighted by Gasteiger charge is -2.26. The smallest absolute Gasteiger partial charge is 0.238 e. The maximum Gasteiger partial charge on any atom is 0.238 e. The summed E-state index contributed by atoms with van der Waals surface area (Å²) in [6, 6.07) is 12.2. The van der Waals surface area contributed by atoms with E-state index in [-0.39, 0.29) is 23.0 Å². The number of hydrogen-bond donors (Lipinski definition) is 1. The SMILES string of the molecule is CCC(=O)Nc1cccc(C2SCC(=O)N2c2cccc(F)c2C)c1. The Balaban J connectivity index is 1.96. The number of nitrogens with one attached hydrogen (secondary N) is 1. The lowest BCUT2D eigenvalue weighted by atomic mass is 10.1. The molecule has 0 aliphatic carbocycles. The molecule has 1 saturated heterocycles. The first-order valence-electron chi connectivity index (χ1n) is 8.10. The van der Waals surface area contributed by atoms with E-state index in [1.54, 1.807) is 30.9 Å². The number of halogens is 1. The Morgan fingerprint density at radius 2 is 2.08 bits per heavy atom. The predicted octanol–water partition coefficient (Wildman–Crippen LogP) is 4.26. The highest BCUT2D eigenvalue weighted by molar-refractivity contribution is 8.00. The normalized spacial score (nSPS) is 17.0. The quantitative estimate of drug-likeness (QED) is 0.888. The van der Waals surface area contributed by atoms with Crippen molar-refractivity contribution >= 4 is 35.0 Å². The third kappa shape index (κ3) is 3.54. The van der Waals surface area contributed by atoms with Crippen LogP contribution in [0.2, 0.25) is 0 Å². The highest BCUT2D eigenvalue weighted by Crippen LogP contribution is 2.43. The minimum Gasteiger partial charge on any atom is -0.326 e. The van der Waals surface area contributed by atoms with E-state index in [2.05, 4.69) is 5.32 Å². The van der Waals surface area contributed by atoms with Crippen LogP contribution in [-0.2, 0) is 9.59 Å². The molecule has 130 valence electrons. The highest BCUT2D eigenvalue weighted by Gasteiger charge is 2.35. The van der Waals surface area contributed by atoms with Gasteiger partial charge in [-0.1, -0.05) is 25.1 Å². The Hall–Kier alpha value is -2.34. The summed E-state index contributed by atoms with van der Waals surface area (Å²) in [5, 5.41) is 2.59. The Morgan fingerprint density at radius 3 is 2.84 bits per heavy atom. The number of amides is 2. The van der Waals surface area contributed by atoms with E-state index >= 15 is 0 Å².